The standard InChI is InChI=1S/C14H18FN3O/c15-11-1-3-13(10(7-11)8-16)17-5-6-18-12(9-17)2-4-14(18)19/h1,3,7,12H,2,4-6,8-9,16H2. The molecular formula is C14H18FN3O. The molecule has 1 atom stereocenters. The maximum Gasteiger partial charge on any atom is 0.223 e. The number of carbonyl (C=O) groups is 1. The van der Waals surface area contributed by atoms with E-state index in [1.54, 1.807) is 6.07 Å². The Labute approximate surface area is 112 Å². The lowest BCUT2D eigenvalue weighted by atomic mass is 10.1. The summed E-state index contributed by atoms with van der Waals surface area (Å²) in [5.74, 6) is 0.0154. The third-order valence-corrected chi connectivity index (χ3v) is 4.10. The Hall–Kier alpha value is -1.62. The summed E-state index contributed by atoms with van der Waals surface area (Å²) in [5.41, 5.74) is 7.53. The van der Waals surface area contributed by atoms with Gasteiger partial charge in [-0.1, -0.05) is 0 Å². The first kappa shape index (κ1) is 12.4. The predicted octanol–water partition coefficient (Wildman–Crippen LogP) is 1.10. The number of halogens is 1. The molecule has 0 bridgehead atoms. The molecule has 5 heteroatoms. The van der Waals surface area contributed by atoms with Crippen molar-refractivity contribution in [2.75, 3.05) is 24.5 Å². The molecule has 102 valence electrons. The zero-order valence-corrected chi connectivity index (χ0v) is 10.8. The van der Waals surface area contributed by atoms with Crippen molar-refractivity contribution in [1.29, 1.82) is 0 Å². The van der Waals surface area contributed by atoms with Crippen molar-refractivity contribution < 1.29 is 9.18 Å². The molecule has 0 saturated carbocycles. The molecule has 1 aromatic rings. The van der Waals surface area contributed by atoms with E-state index in [2.05, 4.69) is 4.90 Å². The Balaban J connectivity index is 1.82. The van der Waals surface area contributed by atoms with Gasteiger partial charge >= 0.3 is 0 Å². The first-order valence-corrected chi connectivity index (χ1v) is 6.72. The SMILES string of the molecule is NCc1cc(F)ccc1N1CCN2C(=O)CCC2C1. The molecule has 1 aromatic carbocycles. The molecule has 2 aliphatic heterocycles. The van der Waals surface area contributed by atoms with Crippen LogP contribution < -0.4 is 10.6 Å². The maximum atomic E-state index is 13.2. The van der Waals surface area contributed by atoms with Crippen LogP contribution in [0.25, 0.3) is 0 Å². The van der Waals surface area contributed by atoms with Crippen molar-refractivity contribution in [3.8, 4) is 0 Å². The minimum absolute atomic E-state index is 0.251. The third-order valence-electron chi connectivity index (χ3n) is 4.10. The van der Waals surface area contributed by atoms with Gasteiger partial charge in [0, 0.05) is 44.3 Å². The summed E-state index contributed by atoms with van der Waals surface area (Å²) in [5, 5.41) is 0. The van der Waals surface area contributed by atoms with E-state index in [0.29, 0.717) is 19.0 Å². The van der Waals surface area contributed by atoms with Crippen LogP contribution in [0.3, 0.4) is 0 Å². The van der Waals surface area contributed by atoms with Gasteiger partial charge in [0.15, 0.2) is 0 Å². The van der Waals surface area contributed by atoms with Gasteiger partial charge in [-0.15, -0.1) is 0 Å². The molecule has 19 heavy (non-hydrogen) atoms. The van der Waals surface area contributed by atoms with Crippen LogP contribution >= 0.6 is 0 Å². The molecule has 1 amide bonds. The molecule has 2 fully saturated rings. The summed E-state index contributed by atoms with van der Waals surface area (Å²) in [6.07, 6.45) is 1.58. The molecule has 3 rings (SSSR count). The number of hydrogen-bond donors (Lipinski definition) is 1. The molecule has 0 aliphatic carbocycles. The van der Waals surface area contributed by atoms with Gasteiger partial charge in [0.1, 0.15) is 5.82 Å². The van der Waals surface area contributed by atoms with Gasteiger partial charge in [-0.2, -0.15) is 0 Å². The summed E-state index contributed by atoms with van der Waals surface area (Å²) in [4.78, 5) is 15.9. The van der Waals surface area contributed by atoms with Crippen molar-refractivity contribution >= 4 is 11.6 Å². The zero-order chi connectivity index (χ0) is 13.4. The van der Waals surface area contributed by atoms with E-state index in [9.17, 15) is 9.18 Å². The second-order valence-electron chi connectivity index (χ2n) is 5.20. The summed E-state index contributed by atoms with van der Waals surface area (Å²) < 4.78 is 13.2. The van der Waals surface area contributed by atoms with Crippen LogP contribution in [-0.2, 0) is 11.3 Å². The van der Waals surface area contributed by atoms with Crippen LogP contribution in [0.5, 0.6) is 0 Å². The van der Waals surface area contributed by atoms with Crippen LogP contribution in [0.4, 0.5) is 10.1 Å². The smallest absolute Gasteiger partial charge is 0.223 e. The van der Waals surface area contributed by atoms with Crippen molar-refractivity contribution in [3.05, 3.63) is 29.6 Å². The average Bonchev–Trinajstić information content (AvgIpc) is 2.79. The zero-order valence-electron chi connectivity index (χ0n) is 10.8. The molecule has 4 nitrogen and oxygen atoms in total. The number of fused-ring (bicyclic) bond motifs is 1. The Bertz CT molecular complexity index is 505. The summed E-state index contributed by atoms with van der Waals surface area (Å²) in [7, 11) is 0. The highest BCUT2D eigenvalue weighted by Crippen LogP contribution is 2.28. The Kier molecular flexibility index (Phi) is 3.14. The largest absolute Gasteiger partial charge is 0.367 e. The Morgan fingerprint density at radius 3 is 3.00 bits per heavy atom. The summed E-state index contributed by atoms with van der Waals surface area (Å²) >= 11 is 0. The van der Waals surface area contributed by atoms with Crippen LogP contribution in [-0.4, -0.2) is 36.5 Å². The number of rotatable bonds is 2. The number of hydrogen-bond acceptors (Lipinski definition) is 3. The van der Waals surface area contributed by atoms with Gasteiger partial charge in [-0.05, 0) is 30.2 Å². The van der Waals surface area contributed by atoms with E-state index >= 15 is 0 Å². The Morgan fingerprint density at radius 2 is 2.21 bits per heavy atom. The van der Waals surface area contributed by atoms with Gasteiger partial charge in [0.25, 0.3) is 0 Å². The number of piperazine rings is 1. The average molecular weight is 263 g/mol. The molecule has 2 aliphatic rings. The van der Waals surface area contributed by atoms with E-state index in [-0.39, 0.29) is 11.7 Å². The number of nitrogens with two attached hydrogens (primary N) is 1. The maximum absolute atomic E-state index is 13.2. The molecule has 0 spiro atoms. The topological polar surface area (TPSA) is 49.6 Å². The van der Waals surface area contributed by atoms with Crippen LogP contribution in [0.15, 0.2) is 18.2 Å². The lowest BCUT2D eigenvalue weighted by molar-refractivity contribution is -0.129. The molecule has 2 heterocycles. The van der Waals surface area contributed by atoms with E-state index in [4.69, 9.17) is 5.73 Å². The molecule has 2 N–H and O–H groups in total. The number of nitrogens with zero attached hydrogens (tertiary/aromatic N) is 2. The summed E-state index contributed by atoms with van der Waals surface area (Å²) in [6.45, 7) is 2.70. The second-order valence-corrected chi connectivity index (χ2v) is 5.20. The summed E-state index contributed by atoms with van der Waals surface area (Å²) in [6, 6.07) is 5.07. The van der Waals surface area contributed by atoms with E-state index in [1.165, 1.54) is 12.1 Å². The minimum atomic E-state index is -0.251. The van der Waals surface area contributed by atoms with Crippen molar-refractivity contribution in [1.82, 2.24) is 4.90 Å². The predicted molar refractivity (Wildman–Crippen MR) is 71.2 cm³/mol. The fraction of sp³-hybridized carbons (Fsp3) is 0.500. The molecule has 1 unspecified atom stereocenters. The fourth-order valence-electron chi connectivity index (χ4n) is 3.11. The van der Waals surface area contributed by atoms with Gasteiger partial charge in [0.05, 0.1) is 0 Å². The lowest BCUT2D eigenvalue weighted by Crippen LogP contribution is -2.51. The highest BCUT2D eigenvalue weighted by Gasteiger charge is 2.35. The highest BCUT2D eigenvalue weighted by atomic mass is 19.1. The number of carbonyl (C=O) groups excluding carboxylic acids is 1. The van der Waals surface area contributed by atoms with E-state index in [0.717, 1.165) is 37.3 Å². The third kappa shape index (κ3) is 2.18. The van der Waals surface area contributed by atoms with Gasteiger partial charge in [0.2, 0.25) is 5.91 Å². The van der Waals surface area contributed by atoms with Gasteiger partial charge < -0.3 is 15.5 Å². The van der Waals surface area contributed by atoms with E-state index in [1.807, 2.05) is 4.90 Å². The number of amides is 1. The fourth-order valence-corrected chi connectivity index (χ4v) is 3.11. The van der Waals surface area contributed by atoms with Crippen molar-refractivity contribution in [2.24, 2.45) is 5.73 Å². The molecule has 2 saturated heterocycles. The lowest BCUT2D eigenvalue weighted by Gasteiger charge is -2.39. The van der Waals surface area contributed by atoms with E-state index < -0.39 is 0 Å². The monoisotopic (exact) mass is 263 g/mol. The first-order valence-electron chi connectivity index (χ1n) is 6.72. The van der Waals surface area contributed by atoms with Crippen molar-refractivity contribution in [3.63, 3.8) is 0 Å². The molecular weight excluding hydrogens is 245 g/mol. The Morgan fingerprint density at radius 1 is 1.37 bits per heavy atom. The van der Waals surface area contributed by atoms with Crippen molar-refractivity contribution in [2.45, 2.75) is 25.4 Å². The first-order chi connectivity index (χ1) is 9.19. The van der Waals surface area contributed by atoms with Gasteiger partial charge in [-0.3, -0.25) is 4.79 Å². The van der Waals surface area contributed by atoms with Crippen LogP contribution in [0.2, 0.25) is 0 Å². The highest BCUT2D eigenvalue weighted by molar-refractivity contribution is 5.79. The van der Waals surface area contributed by atoms with Gasteiger partial charge in [-0.25, -0.2) is 4.39 Å². The van der Waals surface area contributed by atoms with Crippen LogP contribution in [0, 0.1) is 5.82 Å². The van der Waals surface area contributed by atoms with Crippen LogP contribution in [0.1, 0.15) is 18.4 Å². The molecule has 0 radical (unpaired) electrons. The second kappa shape index (κ2) is 4.81. The number of anilines is 1. The minimum Gasteiger partial charge on any atom is -0.367 e. The molecule has 0 aromatic heterocycles. The number of benzene rings is 1. The normalized spacial score (nSPS) is 22.8. The quantitative estimate of drug-likeness (QED) is 0.869.